The summed E-state index contributed by atoms with van der Waals surface area (Å²) in [6.45, 7) is 8.76. The van der Waals surface area contributed by atoms with E-state index in [0.29, 0.717) is 0 Å². The van der Waals surface area contributed by atoms with Gasteiger partial charge in [-0.1, -0.05) is 83.9 Å². The van der Waals surface area contributed by atoms with Crippen molar-refractivity contribution in [2.24, 2.45) is 0 Å². The third-order valence-corrected chi connectivity index (χ3v) is 11.8. The average molecular weight is 706 g/mol. The lowest BCUT2D eigenvalue weighted by molar-refractivity contribution is 1.15. The molecule has 3 nitrogen and oxygen atoms in total. The lowest BCUT2D eigenvalue weighted by Crippen LogP contribution is -1.96. The monoisotopic (exact) mass is 705 g/mol. The Balaban J connectivity index is 1.05. The minimum atomic E-state index is 1.15. The molecule has 1 N–H and O–H groups in total. The van der Waals surface area contributed by atoms with Gasteiger partial charge in [-0.3, -0.25) is 0 Å². The van der Waals surface area contributed by atoms with E-state index in [1.54, 1.807) is 0 Å². The molecule has 55 heavy (non-hydrogen) atoms. The van der Waals surface area contributed by atoms with Crippen molar-refractivity contribution in [1.82, 2.24) is 14.1 Å². The van der Waals surface area contributed by atoms with Crippen molar-refractivity contribution in [2.75, 3.05) is 0 Å². The van der Waals surface area contributed by atoms with Crippen LogP contribution in [0.15, 0.2) is 158 Å². The second kappa shape index (κ2) is 11.8. The average Bonchev–Trinajstić information content (AvgIpc) is 3.84. The van der Waals surface area contributed by atoms with Gasteiger partial charge in [0.1, 0.15) is 0 Å². The number of para-hydroxylation sites is 2. The molecule has 0 bridgehead atoms. The van der Waals surface area contributed by atoms with Gasteiger partial charge in [-0.2, -0.15) is 0 Å². The number of rotatable bonds is 4. The van der Waals surface area contributed by atoms with Crippen LogP contribution in [0.25, 0.3) is 99.0 Å². The van der Waals surface area contributed by atoms with Gasteiger partial charge in [0.25, 0.3) is 0 Å². The Morgan fingerprint density at radius 2 is 0.673 bits per heavy atom. The molecule has 0 atom stereocenters. The van der Waals surface area contributed by atoms with E-state index in [9.17, 15) is 0 Å². The largest absolute Gasteiger partial charge is 0.355 e. The maximum Gasteiger partial charge on any atom is 0.0541 e. The van der Waals surface area contributed by atoms with Gasteiger partial charge in [0.2, 0.25) is 0 Å². The van der Waals surface area contributed by atoms with Crippen molar-refractivity contribution in [1.29, 1.82) is 0 Å². The molecule has 0 aliphatic heterocycles. The fourth-order valence-electron chi connectivity index (χ4n) is 9.04. The second-order valence-electron chi connectivity index (χ2n) is 15.4. The van der Waals surface area contributed by atoms with Crippen LogP contribution in [0.2, 0.25) is 0 Å². The minimum absolute atomic E-state index is 1.15. The molecule has 0 spiro atoms. The van der Waals surface area contributed by atoms with E-state index in [2.05, 4.69) is 200 Å². The Morgan fingerprint density at radius 3 is 1.09 bits per heavy atom. The number of benzene rings is 8. The summed E-state index contributed by atoms with van der Waals surface area (Å²) in [4.78, 5) is 3.70. The first-order chi connectivity index (χ1) is 26.9. The zero-order valence-corrected chi connectivity index (χ0v) is 31.4. The van der Waals surface area contributed by atoms with Gasteiger partial charge in [-0.25, -0.2) is 0 Å². The molecule has 0 saturated carbocycles. The molecule has 0 radical (unpaired) electrons. The van der Waals surface area contributed by atoms with Crippen LogP contribution in [0.5, 0.6) is 0 Å². The highest BCUT2D eigenvalue weighted by molar-refractivity contribution is 6.14. The van der Waals surface area contributed by atoms with E-state index < -0.39 is 0 Å². The van der Waals surface area contributed by atoms with Crippen molar-refractivity contribution in [3.8, 4) is 33.6 Å². The predicted octanol–water partition coefficient (Wildman–Crippen LogP) is 14.1. The standard InChI is InChI=1S/C52H39N3/c1-31-13-21-49-41(25-31)43-29-37(17-23-51(43)54(49)47-11-7-5-9-33(47)3)35-15-19-45-39(27-35)40-28-36(16-20-46(40)53-45)38-18-24-52-44(30-38)42-26-32(2)14-22-50(42)55(52)48-12-8-6-10-34(48)4/h5-30,53H,1-4H3. The summed E-state index contributed by atoms with van der Waals surface area (Å²) in [5.74, 6) is 0. The van der Waals surface area contributed by atoms with Crippen LogP contribution in [0.3, 0.4) is 0 Å². The lowest BCUT2D eigenvalue weighted by Gasteiger charge is -2.11. The van der Waals surface area contributed by atoms with Gasteiger partial charge in [-0.05, 0) is 146 Å². The van der Waals surface area contributed by atoms with Crippen LogP contribution in [0, 0.1) is 27.7 Å². The highest BCUT2D eigenvalue weighted by Gasteiger charge is 2.17. The van der Waals surface area contributed by atoms with E-state index in [1.807, 2.05) is 0 Å². The van der Waals surface area contributed by atoms with Gasteiger partial charge in [0.05, 0.1) is 22.1 Å². The van der Waals surface area contributed by atoms with Gasteiger partial charge < -0.3 is 14.1 Å². The first-order valence-corrected chi connectivity index (χ1v) is 19.2. The highest BCUT2D eigenvalue weighted by Crippen LogP contribution is 2.40. The predicted molar refractivity (Wildman–Crippen MR) is 234 cm³/mol. The first kappa shape index (κ1) is 31.7. The van der Waals surface area contributed by atoms with Gasteiger partial charge >= 0.3 is 0 Å². The minimum Gasteiger partial charge on any atom is -0.355 e. The number of nitrogens with zero attached hydrogens (tertiary/aromatic N) is 2. The number of nitrogens with one attached hydrogen (secondary N) is 1. The van der Waals surface area contributed by atoms with Crippen LogP contribution >= 0.6 is 0 Å². The zero-order chi connectivity index (χ0) is 36.9. The van der Waals surface area contributed by atoms with Crippen LogP contribution < -0.4 is 0 Å². The fourth-order valence-corrected chi connectivity index (χ4v) is 9.04. The lowest BCUT2D eigenvalue weighted by atomic mass is 9.98. The van der Waals surface area contributed by atoms with Crippen LogP contribution in [-0.2, 0) is 0 Å². The van der Waals surface area contributed by atoms with E-state index in [4.69, 9.17) is 0 Å². The van der Waals surface area contributed by atoms with Gasteiger partial charge in [0, 0.05) is 54.7 Å². The summed E-state index contributed by atoms with van der Waals surface area (Å²) in [6.07, 6.45) is 0. The topological polar surface area (TPSA) is 25.6 Å². The van der Waals surface area contributed by atoms with Crippen LogP contribution in [0.1, 0.15) is 22.3 Å². The summed E-state index contributed by atoms with van der Waals surface area (Å²) in [6, 6.07) is 58.7. The molecule has 0 amide bonds. The summed E-state index contributed by atoms with van der Waals surface area (Å²) < 4.78 is 4.85. The molecule has 0 unspecified atom stereocenters. The van der Waals surface area contributed by atoms with Gasteiger partial charge in [-0.15, -0.1) is 0 Å². The van der Waals surface area contributed by atoms with E-state index >= 15 is 0 Å². The maximum absolute atomic E-state index is 3.70. The Hall–Kier alpha value is -6.84. The van der Waals surface area contributed by atoms with E-state index in [1.165, 1.54) is 110 Å². The number of fused-ring (bicyclic) bond motifs is 9. The first-order valence-electron chi connectivity index (χ1n) is 19.2. The molecule has 8 aromatic carbocycles. The van der Waals surface area contributed by atoms with E-state index in [-0.39, 0.29) is 0 Å². The Kier molecular flexibility index (Phi) is 6.81. The van der Waals surface area contributed by atoms with Gasteiger partial charge in [0.15, 0.2) is 0 Å². The normalized spacial score (nSPS) is 12.0. The summed E-state index contributed by atoms with van der Waals surface area (Å²) in [5, 5.41) is 7.59. The molecule has 0 saturated heterocycles. The van der Waals surface area contributed by atoms with Crippen molar-refractivity contribution in [3.05, 3.63) is 180 Å². The molecular formula is C52H39N3. The Bertz CT molecular complexity index is 3140. The number of aromatic nitrogens is 3. The molecular weight excluding hydrogens is 667 g/mol. The van der Waals surface area contributed by atoms with Crippen LogP contribution in [-0.4, -0.2) is 14.1 Å². The maximum atomic E-state index is 3.70. The summed E-state index contributed by atoms with van der Waals surface area (Å²) >= 11 is 0. The molecule has 11 rings (SSSR count). The third kappa shape index (κ3) is 4.83. The molecule has 3 heterocycles. The van der Waals surface area contributed by atoms with Crippen LogP contribution in [0.4, 0.5) is 0 Å². The van der Waals surface area contributed by atoms with Crippen molar-refractivity contribution >= 4 is 65.4 Å². The molecule has 11 aromatic rings. The fraction of sp³-hybridized carbons (Fsp3) is 0.0769. The third-order valence-electron chi connectivity index (χ3n) is 11.8. The number of aryl methyl sites for hydroxylation is 4. The molecule has 0 fully saturated rings. The Labute approximate surface area is 319 Å². The summed E-state index contributed by atoms with van der Waals surface area (Å²) in [7, 11) is 0. The number of hydrogen-bond donors (Lipinski definition) is 1. The number of H-pyrrole nitrogens is 1. The molecule has 0 aliphatic rings. The molecule has 3 aromatic heterocycles. The SMILES string of the molecule is Cc1ccc2c(c1)c1cc(-c3ccc4[nH]c5ccc(-c6ccc7c(c6)c6cc(C)ccc6n7-c6ccccc6C)cc5c4c3)ccc1n2-c1ccccc1C. The highest BCUT2D eigenvalue weighted by atomic mass is 15.0. The Morgan fingerprint density at radius 1 is 0.327 bits per heavy atom. The van der Waals surface area contributed by atoms with E-state index in [0.717, 1.165) is 11.0 Å². The number of aromatic amines is 1. The smallest absolute Gasteiger partial charge is 0.0541 e. The van der Waals surface area contributed by atoms with Crippen molar-refractivity contribution in [3.63, 3.8) is 0 Å². The molecule has 262 valence electrons. The second-order valence-corrected chi connectivity index (χ2v) is 15.4. The molecule has 3 heteroatoms. The molecule has 0 aliphatic carbocycles. The number of hydrogen-bond acceptors (Lipinski definition) is 0. The van der Waals surface area contributed by atoms with Crippen molar-refractivity contribution < 1.29 is 0 Å². The zero-order valence-electron chi connectivity index (χ0n) is 31.4. The van der Waals surface area contributed by atoms with Crippen molar-refractivity contribution in [2.45, 2.75) is 27.7 Å². The summed E-state index contributed by atoms with van der Waals surface area (Å²) in [5.41, 5.74) is 19.6. The quantitative estimate of drug-likeness (QED) is 0.189.